The second-order valence-corrected chi connectivity index (χ2v) is 10.1. The molecule has 2 aromatic carbocycles. The van der Waals surface area contributed by atoms with Crippen molar-refractivity contribution in [3.05, 3.63) is 77.0 Å². The van der Waals surface area contributed by atoms with Gasteiger partial charge in [0.2, 0.25) is 0 Å². The summed E-state index contributed by atoms with van der Waals surface area (Å²) >= 11 is 4.02. The van der Waals surface area contributed by atoms with Gasteiger partial charge in [0.1, 0.15) is 19.2 Å². The molecule has 0 saturated heterocycles. The lowest BCUT2D eigenvalue weighted by atomic mass is 9.92. The fourth-order valence-corrected chi connectivity index (χ4v) is 4.50. The van der Waals surface area contributed by atoms with Crippen LogP contribution in [-0.4, -0.2) is 53.6 Å². The van der Waals surface area contributed by atoms with Crippen LogP contribution in [-0.2, 0) is 6.54 Å². The molecule has 1 aliphatic heterocycles. The summed E-state index contributed by atoms with van der Waals surface area (Å²) in [6.07, 6.45) is 7.15. The normalized spacial score (nSPS) is 19.5. The summed E-state index contributed by atoms with van der Waals surface area (Å²) in [7, 11) is 5.53. The minimum Gasteiger partial charge on any atom is -0.491 e. The molecule has 6 nitrogen and oxygen atoms in total. The number of rotatable bonds is 10. The quantitative estimate of drug-likeness (QED) is 0.151. The van der Waals surface area contributed by atoms with E-state index in [0.717, 1.165) is 36.3 Å². The first-order chi connectivity index (χ1) is 16.7. The number of hydrogen-bond donors (Lipinski definition) is 5. The van der Waals surface area contributed by atoms with Crippen molar-refractivity contribution in [1.82, 2.24) is 4.90 Å². The summed E-state index contributed by atoms with van der Waals surface area (Å²) in [5, 5.41) is 22.6. The van der Waals surface area contributed by atoms with Crippen LogP contribution in [0, 0.1) is 0 Å². The Kier molecular flexibility index (Phi) is 8.17. The van der Waals surface area contributed by atoms with Crippen molar-refractivity contribution < 1.29 is 14.9 Å². The lowest BCUT2D eigenvalue weighted by Crippen LogP contribution is -2.40. The summed E-state index contributed by atoms with van der Waals surface area (Å²) in [4.78, 5) is 2.34. The van der Waals surface area contributed by atoms with E-state index in [1.54, 1.807) is 6.92 Å². The second kappa shape index (κ2) is 11.1. The minimum atomic E-state index is -1.17. The highest BCUT2D eigenvalue weighted by Gasteiger charge is 2.30. The molecule has 35 heavy (non-hydrogen) atoms. The lowest BCUT2D eigenvalue weighted by molar-refractivity contribution is 0.0247. The lowest BCUT2D eigenvalue weighted by Gasteiger charge is -2.34. The third-order valence-corrected chi connectivity index (χ3v) is 6.73. The molecule has 184 valence electrons. The van der Waals surface area contributed by atoms with Gasteiger partial charge in [0.25, 0.3) is 0 Å². The molecular formula is C27H34BN3O3S. The smallest absolute Gasteiger partial charge is 0.142 e. The maximum atomic E-state index is 10.5. The molecule has 1 unspecified atom stereocenters. The van der Waals surface area contributed by atoms with Gasteiger partial charge in [-0.15, -0.1) is 12.6 Å². The Bertz CT molecular complexity index is 1080. The largest absolute Gasteiger partial charge is 0.491 e. The highest BCUT2D eigenvalue weighted by atomic mass is 32.1. The predicted molar refractivity (Wildman–Crippen MR) is 145 cm³/mol. The van der Waals surface area contributed by atoms with E-state index >= 15 is 0 Å². The Morgan fingerprint density at radius 1 is 1.31 bits per heavy atom. The number of nitrogens with two attached hydrogens (primary N) is 1. The molecule has 1 fully saturated rings. The molecule has 1 heterocycles. The average molecular weight is 491 g/mol. The molecule has 2 aliphatic rings. The molecule has 0 aromatic heterocycles. The first kappa shape index (κ1) is 25.7. The molecule has 0 amide bonds. The topological polar surface area (TPSA) is 91.0 Å². The molecule has 0 spiro atoms. The molecule has 8 heteroatoms. The number of aliphatic hydroxyl groups excluding tert-OH is 1. The van der Waals surface area contributed by atoms with Crippen LogP contribution in [0.5, 0.6) is 5.75 Å². The zero-order chi connectivity index (χ0) is 25.0. The molecule has 1 aliphatic carbocycles. The second-order valence-electron chi connectivity index (χ2n) is 9.63. The molecule has 5 N–H and O–H groups in total. The molecule has 2 radical (unpaired) electrons. The Labute approximate surface area is 214 Å². The molecule has 2 atom stereocenters. The van der Waals surface area contributed by atoms with Crippen LogP contribution in [0.3, 0.4) is 0 Å². The highest BCUT2D eigenvalue weighted by molar-refractivity contribution is 7.82. The van der Waals surface area contributed by atoms with Gasteiger partial charge >= 0.3 is 0 Å². The molecule has 4 rings (SSSR count). The maximum Gasteiger partial charge on any atom is 0.142 e. The summed E-state index contributed by atoms with van der Waals surface area (Å²) in [5.41, 5.74) is 11.4. The predicted octanol–water partition coefficient (Wildman–Crippen LogP) is 3.57. The van der Waals surface area contributed by atoms with Crippen LogP contribution in [0.25, 0.3) is 5.70 Å². The first-order valence-electron chi connectivity index (χ1n) is 12.1. The van der Waals surface area contributed by atoms with E-state index in [4.69, 9.17) is 18.3 Å². The van der Waals surface area contributed by atoms with E-state index in [9.17, 15) is 10.2 Å². The minimum absolute atomic E-state index is 0.268. The molecule has 1 saturated carbocycles. The Hall–Kier alpha value is -2.39. The third kappa shape index (κ3) is 6.85. The van der Waals surface area contributed by atoms with Gasteiger partial charge in [0.15, 0.2) is 0 Å². The van der Waals surface area contributed by atoms with Crippen molar-refractivity contribution in [2.45, 2.75) is 49.6 Å². The molecular weight excluding hydrogens is 457 g/mol. The van der Waals surface area contributed by atoms with Gasteiger partial charge in [-0.2, -0.15) is 0 Å². The van der Waals surface area contributed by atoms with Gasteiger partial charge < -0.3 is 26.0 Å². The van der Waals surface area contributed by atoms with Crippen LogP contribution < -0.4 is 15.8 Å². The van der Waals surface area contributed by atoms with Crippen molar-refractivity contribution in [2.24, 2.45) is 5.73 Å². The highest BCUT2D eigenvalue weighted by Crippen LogP contribution is 2.43. The van der Waals surface area contributed by atoms with Crippen LogP contribution in [0.2, 0.25) is 0 Å². The van der Waals surface area contributed by atoms with Crippen LogP contribution in [0.15, 0.2) is 60.3 Å². The summed E-state index contributed by atoms with van der Waals surface area (Å²) in [6, 6.07) is 13.9. The van der Waals surface area contributed by atoms with Crippen molar-refractivity contribution in [2.75, 3.05) is 25.0 Å². The zero-order valence-corrected chi connectivity index (χ0v) is 21.0. The fourth-order valence-electron chi connectivity index (χ4n) is 4.38. The number of hydrogen-bond acceptors (Lipinski definition) is 7. The van der Waals surface area contributed by atoms with E-state index in [2.05, 4.69) is 47.1 Å². The van der Waals surface area contributed by atoms with Crippen LogP contribution in [0.1, 0.15) is 48.8 Å². The standard InChI is InChI=1S/C27H34BN3O3S/c1-27(33,17-32)21-3-2-12-31(16-21)15-20-7-6-19(13-24(20)18-4-5-18)25(29)14-30-22-8-10-23(11-9-22)34-26(28)35/h3,6-11,13-14,18,26,30,32-33,35H,2,4-5,12,15-17,29H2,1H3/b25-14-/t26?,27-/m1/s1. The Balaban J connectivity index is 1.44. The van der Waals surface area contributed by atoms with Gasteiger partial charge in [0, 0.05) is 31.5 Å². The summed E-state index contributed by atoms with van der Waals surface area (Å²) in [6.45, 7) is 3.82. The van der Waals surface area contributed by atoms with E-state index in [1.807, 2.05) is 30.5 Å². The van der Waals surface area contributed by atoms with Gasteiger partial charge in [-0.25, -0.2) is 0 Å². The number of nitrogens with zero attached hydrogens (tertiary/aromatic N) is 1. The van der Waals surface area contributed by atoms with E-state index in [-0.39, 0.29) is 6.61 Å². The average Bonchev–Trinajstić information content (AvgIpc) is 3.69. The van der Waals surface area contributed by atoms with Crippen molar-refractivity contribution in [1.29, 1.82) is 0 Å². The van der Waals surface area contributed by atoms with E-state index < -0.39 is 10.9 Å². The first-order valence-corrected chi connectivity index (χ1v) is 12.6. The number of benzene rings is 2. The third-order valence-electron chi connectivity index (χ3n) is 6.63. The van der Waals surface area contributed by atoms with Crippen LogP contribution in [0.4, 0.5) is 5.69 Å². The summed E-state index contributed by atoms with van der Waals surface area (Å²) < 4.78 is 5.34. The van der Waals surface area contributed by atoms with E-state index in [1.165, 1.54) is 24.0 Å². The fraction of sp³-hybridized carbons (Fsp3) is 0.407. The van der Waals surface area contributed by atoms with Gasteiger partial charge in [0.05, 0.1) is 17.6 Å². The number of ether oxygens (including phenoxy) is 1. The van der Waals surface area contributed by atoms with Gasteiger partial charge in [-0.05, 0) is 84.7 Å². The maximum absolute atomic E-state index is 10.5. The SMILES string of the molecule is [B]C(S)Oc1ccc(N/C=C(\N)c2ccc(CN3CCC=C([C@](C)(O)CO)C3)c(C3CC3)c2)cc1. The number of thiol groups is 1. The number of aliphatic hydroxyl groups is 2. The summed E-state index contributed by atoms with van der Waals surface area (Å²) in [5.74, 6) is 1.23. The van der Waals surface area contributed by atoms with Crippen molar-refractivity contribution in [3.8, 4) is 5.75 Å². The van der Waals surface area contributed by atoms with E-state index in [0.29, 0.717) is 23.9 Å². The molecule has 0 bridgehead atoms. The van der Waals surface area contributed by atoms with Crippen molar-refractivity contribution >= 4 is 31.9 Å². The van der Waals surface area contributed by atoms with Crippen LogP contribution >= 0.6 is 12.6 Å². The van der Waals surface area contributed by atoms with Gasteiger partial charge in [-0.3, -0.25) is 4.90 Å². The van der Waals surface area contributed by atoms with Gasteiger partial charge in [-0.1, -0.05) is 18.2 Å². The number of anilines is 1. The molecule has 2 aromatic rings. The zero-order valence-electron chi connectivity index (χ0n) is 20.2. The Morgan fingerprint density at radius 3 is 2.71 bits per heavy atom. The number of nitrogens with one attached hydrogen (secondary N) is 1. The monoisotopic (exact) mass is 491 g/mol. The Morgan fingerprint density at radius 2 is 2.06 bits per heavy atom. The van der Waals surface area contributed by atoms with Crippen molar-refractivity contribution in [3.63, 3.8) is 0 Å².